The summed E-state index contributed by atoms with van der Waals surface area (Å²) in [5.41, 5.74) is 2.97. The highest BCUT2D eigenvalue weighted by atomic mass is 16.2. The van der Waals surface area contributed by atoms with E-state index in [0.29, 0.717) is 18.8 Å². The molecule has 3 amide bonds. The van der Waals surface area contributed by atoms with Crippen molar-refractivity contribution >= 4 is 29.1 Å². The van der Waals surface area contributed by atoms with Gasteiger partial charge < -0.3 is 20.4 Å². The summed E-state index contributed by atoms with van der Waals surface area (Å²) < 4.78 is 0. The number of para-hydroxylation sites is 1. The predicted octanol–water partition coefficient (Wildman–Crippen LogP) is 1.47. The van der Waals surface area contributed by atoms with Crippen LogP contribution in [0.15, 0.2) is 54.6 Å². The average molecular weight is 450 g/mol. The minimum absolute atomic E-state index is 0.0623. The zero-order valence-corrected chi connectivity index (χ0v) is 19.0. The van der Waals surface area contributed by atoms with Crippen LogP contribution < -0.4 is 15.5 Å². The Bertz CT molecular complexity index is 971. The molecule has 0 aliphatic carbocycles. The van der Waals surface area contributed by atoms with Crippen molar-refractivity contribution in [3.63, 3.8) is 0 Å². The molecule has 2 fully saturated rings. The normalized spacial score (nSPS) is 19.2. The molecule has 2 aromatic carbocycles. The largest absolute Gasteiger partial charge is 0.369 e. The van der Waals surface area contributed by atoms with Gasteiger partial charge in [0, 0.05) is 50.6 Å². The van der Waals surface area contributed by atoms with Crippen molar-refractivity contribution in [2.75, 3.05) is 56.0 Å². The average Bonchev–Trinajstić information content (AvgIpc) is 2.83. The lowest BCUT2D eigenvalue weighted by Crippen LogP contribution is -2.60. The molecule has 2 aliphatic heterocycles. The molecule has 2 heterocycles. The Hall–Kier alpha value is -3.39. The third kappa shape index (κ3) is 5.90. The number of hydrogen-bond donors (Lipinski definition) is 2. The molecule has 1 unspecified atom stereocenters. The fraction of sp³-hybridized carbons (Fsp3) is 0.400. The van der Waals surface area contributed by atoms with E-state index in [1.54, 1.807) is 4.90 Å². The van der Waals surface area contributed by atoms with Crippen molar-refractivity contribution < 1.29 is 14.4 Å². The van der Waals surface area contributed by atoms with Crippen LogP contribution in [0.2, 0.25) is 0 Å². The maximum absolute atomic E-state index is 13.1. The fourth-order valence-corrected chi connectivity index (χ4v) is 4.33. The van der Waals surface area contributed by atoms with Crippen molar-refractivity contribution in [3.05, 3.63) is 60.2 Å². The molecule has 2 N–H and O–H groups in total. The molecule has 2 aliphatic rings. The topological polar surface area (TPSA) is 85.0 Å². The Labute approximate surface area is 194 Å². The molecule has 0 aromatic heterocycles. The maximum atomic E-state index is 13.1. The van der Waals surface area contributed by atoms with E-state index in [0.717, 1.165) is 31.7 Å². The first-order valence-electron chi connectivity index (χ1n) is 11.5. The molecule has 0 radical (unpaired) electrons. The van der Waals surface area contributed by atoms with Gasteiger partial charge in [0.25, 0.3) is 0 Å². The summed E-state index contributed by atoms with van der Waals surface area (Å²) in [6.07, 6.45) is -0.0623. The number of piperazine rings is 2. The highest BCUT2D eigenvalue weighted by Crippen LogP contribution is 2.17. The van der Waals surface area contributed by atoms with E-state index < -0.39 is 6.04 Å². The number of carbonyl (C=O) groups is 3. The third-order valence-electron chi connectivity index (χ3n) is 6.22. The van der Waals surface area contributed by atoms with Crippen molar-refractivity contribution in [3.8, 4) is 0 Å². The van der Waals surface area contributed by atoms with Crippen LogP contribution in [0.25, 0.3) is 0 Å². The Kier molecular flexibility index (Phi) is 7.24. The highest BCUT2D eigenvalue weighted by molar-refractivity contribution is 5.97. The molecule has 8 heteroatoms. The Morgan fingerprint density at radius 1 is 0.970 bits per heavy atom. The standard InChI is InChI=1S/C25H31N5O3/c1-19-7-9-20(10-8-19)27-23(31)17-22-25(33)26-11-12-30(22)24(32)18-28-13-15-29(16-14-28)21-5-3-2-4-6-21/h2-10,22H,11-18H2,1H3,(H,26,33)(H,27,31). The molecule has 0 saturated carbocycles. The van der Waals surface area contributed by atoms with Crippen LogP contribution in [0.4, 0.5) is 11.4 Å². The summed E-state index contributed by atoms with van der Waals surface area (Å²) in [5, 5.41) is 5.61. The fourth-order valence-electron chi connectivity index (χ4n) is 4.33. The molecule has 33 heavy (non-hydrogen) atoms. The van der Waals surface area contributed by atoms with Gasteiger partial charge in [0.1, 0.15) is 6.04 Å². The molecule has 4 rings (SSSR count). The molecule has 2 saturated heterocycles. The zero-order chi connectivity index (χ0) is 23.2. The third-order valence-corrected chi connectivity index (χ3v) is 6.22. The Morgan fingerprint density at radius 3 is 2.36 bits per heavy atom. The van der Waals surface area contributed by atoms with Crippen LogP contribution in [0.3, 0.4) is 0 Å². The quantitative estimate of drug-likeness (QED) is 0.698. The van der Waals surface area contributed by atoms with E-state index >= 15 is 0 Å². The van der Waals surface area contributed by atoms with Crippen LogP contribution in [0, 0.1) is 6.92 Å². The Balaban J connectivity index is 1.32. The lowest BCUT2D eigenvalue weighted by atomic mass is 10.1. The van der Waals surface area contributed by atoms with Gasteiger partial charge in [0.2, 0.25) is 17.7 Å². The second kappa shape index (κ2) is 10.5. The number of carbonyl (C=O) groups excluding carboxylic acids is 3. The lowest BCUT2D eigenvalue weighted by molar-refractivity contribution is -0.145. The second-order valence-corrected chi connectivity index (χ2v) is 8.61. The van der Waals surface area contributed by atoms with Crippen molar-refractivity contribution in [1.29, 1.82) is 0 Å². The van der Waals surface area contributed by atoms with Gasteiger partial charge in [-0.3, -0.25) is 19.3 Å². The number of hydrogen-bond acceptors (Lipinski definition) is 5. The van der Waals surface area contributed by atoms with Crippen molar-refractivity contribution in [2.24, 2.45) is 0 Å². The number of amides is 3. The SMILES string of the molecule is Cc1ccc(NC(=O)CC2C(=O)NCCN2C(=O)CN2CCN(c3ccccc3)CC2)cc1. The molecule has 0 bridgehead atoms. The molecular weight excluding hydrogens is 418 g/mol. The number of nitrogens with one attached hydrogen (secondary N) is 2. The molecule has 8 nitrogen and oxygen atoms in total. The monoisotopic (exact) mass is 449 g/mol. The van der Waals surface area contributed by atoms with Crippen molar-refractivity contribution in [1.82, 2.24) is 15.1 Å². The minimum Gasteiger partial charge on any atom is -0.369 e. The van der Waals surface area contributed by atoms with Gasteiger partial charge in [-0.15, -0.1) is 0 Å². The number of aryl methyl sites for hydroxylation is 1. The van der Waals surface area contributed by atoms with Crippen LogP contribution in [0.5, 0.6) is 0 Å². The first-order chi connectivity index (χ1) is 16.0. The van der Waals surface area contributed by atoms with Gasteiger partial charge >= 0.3 is 0 Å². The first kappa shape index (κ1) is 22.8. The zero-order valence-electron chi connectivity index (χ0n) is 19.0. The molecular formula is C25H31N5O3. The van der Waals surface area contributed by atoms with Gasteiger partial charge in [-0.05, 0) is 31.2 Å². The van der Waals surface area contributed by atoms with E-state index in [2.05, 4.69) is 32.6 Å². The molecule has 174 valence electrons. The summed E-state index contributed by atoms with van der Waals surface area (Å²) in [6.45, 7) is 6.30. The number of anilines is 2. The van der Waals surface area contributed by atoms with E-state index in [4.69, 9.17) is 0 Å². The number of rotatable bonds is 6. The minimum atomic E-state index is -0.790. The predicted molar refractivity (Wildman–Crippen MR) is 128 cm³/mol. The van der Waals surface area contributed by atoms with E-state index in [-0.39, 0.29) is 30.7 Å². The Morgan fingerprint density at radius 2 is 1.67 bits per heavy atom. The molecule has 1 atom stereocenters. The summed E-state index contributed by atoms with van der Waals surface area (Å²) in [4.78, 5) is 44.2. The van der Waals surface area contributed by atoms with Crippen LogP contribution in [-0.4, -0.2) is 79.4 Å². The number of nitrogens with zero attached hydrogens (tertiary/aromatic N) is 3. The van der Waals surface area contributed by atoms with E-state index in [1.165, 1.54) is 5.69 Å². The summed E-state index contributed by atoms with van der Waals surface area (Å²) in [7, 11) is 0. The maximum Gasteiger partial charge on any atom is 0.243 e. The summed E-state index contributed by atoms with van der Waals surface area (Å²) >= 11 is 0. The first-order valence-corrected chi connectivity index (χ1v) is 11.5. The molecule has 0 spiro atoms. The van der Waals surface area contributed by atoms with E-state index in [1.807, 2.05) is 49.4 Å². The van der Waals surface area contributed by atoms with Gasteiger partial charge in [0.05, 0.1) is 13.0 Å². The highest BCUT2D eigenvalue weighted by Gasteiger charge is 2.35. The summed E-state index contributed by atoms with van der Waals surface area (Å²) in [5.74, 6) is -0.663. The van der Waals surface area contributed by atoms with Crippen LogP contribution in [-0.2, 0) is 14.4 Å². The van der Waals surface area contributed by atoms with Crippen LogP contribution in [0.1, 0.15) is 12.0 Å². The van der Waals surface area contributed by atoms with E-state index in [9.17, 15) is 14.4 Å². The summed E-state index contributed by atoms with van der Waals surface area (Å²) in [6, 6.07) is 16.9. The second-order valence-electron chi connectivity index (χ2n) is 8.61. The van der Waals surface area contributed by atoms with Gasteiger partial charge in [-0.2, -0.15) is 0 Å². The molecule has 2 aromatic rings. The van der Waals surface area contributed by atoms with Gasteiger partial charge in [-0.1, -0.05) is 35.9 Å². The van der Waals surface area contributed by atoms with Crippen molar-refractivity contribution in [2.45, 2.75) is 19.4 Å². The smallest absolute Gasteiger partial charge is 0.243 e. The van der Waals surface area contributed by atoms with Crippen LogP contribution >= 0.6 is 0 Å². The van der Waals surface area contributed by atoms with Gasteiger partial charge in [0.15, 0.2) is 0 Å². The van der Waals surface area contributed by atoms with Gasteiger partial charge in [-0.25, -0.2) is 0 Å². The number of benzene rings is 2. The lowest BCUT2D eigenvalue weighted by Gasteiger charge is -2.39.